The van der Waals surface area contributed by atoms with Gasteiger partial charge in [-0.2, -0.15) is 5.26 Å². The van der Waals surface area contributed by atoms with Gasteiger partial charge in [0.15, 0.2) is 0 Å². The molecule has 4 heteroatoms. The van der Waals surface area contributed by atoms with Crippen molar-refractivity contribution in [1.29, 1.82) is 5.26 Å². The number of amides is 1. The Morgan fingerprint density at radius 1 is 1.53 bits per heavy atom. The minimum atomic E-state index is -0.644. The third-order valence-electron chi connectivity index (χ3n) is 2.44. The Morgan fingerprint density at radius 2 is 2.24 bits per heavy atom. The van der Waals surface area contributed by atoms with E-state index in [0.29, 0.717) is 11.3 Å². The standard InChI is InChI=1S/C13H16N2O2/c1-9(2)12(16)7-13(17)15-11-5-3-4-10(6-11)8-14/h3-6,9,12,16H,7H2,1-2H3,(H,15,17). The molecule has 2 N–H and O–H groups in total. The summed E-state index contributed by atoms with van der Waals surface area (Å²) in [7, 11) is 0. The number of hydrogen-bond acceptors (Lipinski definition) is 3. The van der Waals surface area contributed by atoms with Gasteiger partial charge in [-0.25, -0.2) is 0 Å². The van der Waals surface area contributed by atoms with Crippen molar-refractivity contribution < 1.29 is 9.90 Å². The summed E-state index contributed by atoms with van der Waals surface area (Å²) >= 11 is 0. The van der Waals surface area contributed by atoms with Crippen molar-refractivity contribution in [3.8, 4) is 6.07 Å². The molecule has 0 aliphatic heterocycles. The highest BCUT2D eigenvalue weighted by molar-refractivity contribution is 5.91. The van der Waals surface area contributed by atoms with E-state index in [9.17, 15) is 9.90 Å². The number of rotatable bonds is 4. The zero-order valence-corrected chi connectivity index (χ0v) is 9.97. The van der Waals surface area contributed by atoms with Crippen LogP contribution in [-0.2, 0) is 4.79 Å². The summed E-state index contributed by atoms with van der Waals surface area (Å²) < 4.78 is 0. The number of carbonyl (C=O) groups is 1. The van der Waals surface area contributed by atoms with Crippen molar-refractivity contribution in [2.75, 3.05) is 5.32 Å². The van der Waals surface area contributed by atoms with Crippen LogP contribution in [0.1, 0.15) is 25.8 Å². The quantitative estimate of drug-likeness (QED) is 0.832. The number of nitrogens with zero attached hydrogens (tertiary/aromatic N) is 1. The van der Waals surface area contributed by atoms with Gasteiger partial charge in [0, 0.05) is 5.69 Å². The minimum absolute atomic E-state index is 0.0474. The molecular weight excluding hydrogens is 216 g/mol. The summed E-state index contributed by atoms with van der Waals surface area (Å²) in [5.74, 6) is -0.201. The smallest absolute Gasteiger partial charge is 0.226 e. The molecule has 1 unspecified atom stereocenters. The molecule has 0 aliphatic carbocycles. The van der Waals surface area contributed by atoms with Crippen molar-refractivity contribution in [2.24, 2.45) is 5.92 Å². The first kappa shape index (κ1) is 13.2. The number of nitrogens with one attached hydrogen (secondary N) is 1. The average Bonchev–Trinajstić information content (AvgIpc) is 2.28. The first-order chi connectivity index (χ1) is 8.02. The Labute approximate surface area is 101 Å². The third-order valence-corrected chi connectivity index (χ3v) is 2.44. The van der Waals surface area contributed by atoms with Crippen LogP contribution in [-0.4, -0.2) is 17.1 Å². The summed E-state index contributed by atoms with van der Waals surface area (Å²) in [6.07, 6.45) is -0.580. The van der Waals surface area contributed by atoms with Crippen LogP contribution in [0.15, 0.2) is 24.3 Å². The van der Waals surface area contributed by atoms with Gasteiger partial charge >= 0.3 is 0 Å². The summed E-state index contributed by atoms with van der Waals surface area (Å²) in [5.41, 5.74) is 1.07. The maximum Gasteiger partial charge on any atom is 0.226 e. The van der Waals surface area contributed by atoms with Crippen molar-refractivity contribution in [2.45, 2.75) is 26.4 Å². The second kappa shape index (κ2) is 6.02. The molecule has 1 aromatic rings. The average molecular weight is 232 g/mol. The number of aliphatic hydroxyl groups is 1. The molecule has 1 rings (SSSR count). The SMILES string of the molecule is CC(C)C(O)CC(=O)Nc1cccc(C#N)c1. The van der Waals surface area contributed by atoms with Gasteiger partial charge in [-0.15, -0.1) is 0 Å². The van der Waals surface area contributed by atoms with E-state index in [4.69, 9.17) is 5.26 Å². The fraction of sp³-hybridized carbons (Fsp3) is 0.385. The van der Waals surface area contributed by atoms with Gasteiger partial charge in [0.25, 0.3) is 0 Å². The Bertz CT molecular complexity index is 435. The molecule has 0 bridgehead atoms. The molecule has 0 radical (unpaired) electrons. The second-order valence-electron chi connectivity index (χ2n) is 4.26. The fourth-order valence-corrected chi connectivity index (χ4v) is 1.30. The molecule has 0 aromatic heterocycles. The van der Waals surface area contributed by atoms with Crippen LogP contribution in [0.5, 0.6) is 0 Å². The largest absolute Gasteiger partial charge is 0.392 e. The van der Waals surface area contributed by atoms with Crippen molar-refractivity contribution in [3.05, 3.63) is 29.8 Å². The monoisotopic (exact) mass is 232 g/mol. The van der Waals surface area contributed by atoms with Crippen molar-refractivity contribution in [3.63, 3.8) is 0 Å². The molecule has 0 saturated heterocycles. The summed E-state index contributed by atoms with van der Waals surface area (Å²) in [5, 5.41) is 20.9. The highest BCUT2D eigenvalue weighted by Crippen LogP contribution is 2.12. The van der Waals surface area contributed by atoms with Crippen LogP contribution in [0, 0.1) is 17.2 Å². The van der Waals surface area contributed by atoms with Crippen LogP contribution in [0.2, 0.25) is 0 Å². The molecule has 1 aromatic carbocycles. The van der Waals surface area contributed by atoms with E-state index in [1.807, 2.05) is 19.9 Å². The number of carbonyl (C=O) groups excluding carboxylic acids is 1. The molecule has 17 heavy (non-hydrogen) atoms. The summed E-state index contributed by atoms with van der Waals surface area (Å²) in [6, 6.07) is 8.67. The van der Waals surface area contributed by atoms with Gasteiger partial charge in [-0.1, -0.05) is 19.9 Å². The Morgan fingerprint density at radius 3 is 2.82 bits per heavy atom. The Balaban J connectivity index is 2.59. The number of nitriles is 1. The van der Waals surface area contributed by atoms with Gasteiger partial charge in [-0.05, 0) is 24.1 Å². The number of benzene rings is 1. The number of anilines is 1. The van der Waals surface area contributed by atoms with E-state index >= 15 is 0 Å². The maximum atomic E-state index is 11.6. The lowest BCUT2D eigenvalue weighted by atomic mass is 10.0. The molecule has 4 nitrogen and oxygen atoms in total. The van der Waals surface area contributed by atoms with Gasteiger partial charge in [0.1, 0.15) is 0 Å². The lowest BCUT2D eigenvalue weighted by Crippen LogP contribution is -2.23. The van der Waals surface area contributed by atoms with Crippen molar-refractivity contribution in [1.82, 2.24) is 0 Å². The Kier molecular flexibility index (Phi) is 4.68. The molecular formula is C13H16N2O2. The van der Waals surface area contributed by atoms with Crippen LogP contribution >= 0.6 is 0 Å². The van der Waals surface area contributed by atoms with Crippen LogP contribution in [0.4, 0.5) is 5.69 Å². The second-order valence-corrected chi connectivity index (χ2v) is 4.26. The van der Waals surface area contributed by atoms with Gasteiger partial charge in [0.05, 0.1) is 24.2 Å². The first-order valence-electron chi connectivity index (χ1n) is 5.51. The zero-order chi connectivity index (χ0) is 12.8. The molecule has 1 amide bonds. The fourth-order valence-electron chi connectivity index (χ4n) is 1.30. The van der Waals surface area contributed by atoms with Crippen LogP contribution in [0.25, 0.3) is 0 Å². The van der Waals surface area contributed by atoms with Crippen molar-refractivity contribution >= 4 is 11.6 Å². The summed E-state index contributed by atoms with van der Waals surface area (Å²) in [6.45, 7) is 3.71. The molecule has 0 fully saturated rings. The number of hydrogen-bond donors (Lipinski definition) is 2. The van der Waals surface area contributed by atoms with Crippen LogP contribution in [0.3, 0.4) is 0 Å². The molecule has 0 heterocycles. The minimum Gasteiger partial charge on any atom is -0.392 e. The predicted molar refractivity (Wildman–Crippen MR) is 65.2 cm³/mol. The number of aliphatic hydroxyl groups excluding tert-OH is 1. The Hall–Kier alpha value is -1.86. The third kappa shape index (κ3) is 4.25. The van der Waals surface area contributed by atoms with E-state index in [0.717, 1.165) is 0 Å². The normalized spacial score (nSPS) is 11.9. The first-order valence-corrected chi connectivity index (χ1v) is 5.51. The molecule has 0 saturated carbocycles. The zero-order valence-electron chi connectivity index (χ0n) is 9.97. The molecule has 90 valence electrons. The lowest BCUT2D eigenvalue weighted by molar-refractivity contribution is -0.118. The molecule has 1 atom stereocenters. The van der Waals surface area contributed by atoms with E-state index in [1.54, 1.807) is 24.3 Å². The maximum absolute atomic E-state index is 11.6. The molecule has 0 spiro atoms. The van der Waals surface area contributed by atoms with E-state index in [1.165, 1.54) is 0 Å². The summed E-state index contributed by atoms with van der Waals surface area (Å²) in [4.78, 5) is 11.6. The highest BCUT2D eigenvalue weighted by Gasteiger charge is 2.14. The van der Waals surface area contributed by atoms with Crippen LogP contribution < -0.4 is 5.32 Å². The predicted octanol–water partition coefficient (Wildman–Crippen LogP) is 1.90. The van der Waals surface area contributed by atoms with E-state index < -0.39 is 6.10 Å². The lowest BCUT2D eigenvalue weighted by Gasteiger charge is -2.13. The van der Waals surface area contributed by atoms with Gasteiger partial charge in [-0.3, -0.25) is 4.79 Å². The van der Waals surface area contributed by atoms with Gasteiger partial charge in [0.2, 0.25) is 5.91 Å². The van der Waals surface area contributed by atoms with Gasteiger partial charge < -0.3 is 10.4 Å². The molecule has 0 aliphatic rings. The van der Waals surface area contributed by atoms with E-state index in [-0.39, 0.29) is 18.2 Å². The highest BCUT2D eigenvalue weighted by atomic mass is 16.3. The van der Waals surface area contributed by atoms with E-state index in [2.05, 4.69) is 5.32 Å². The topological polar surface area (TPSA) is 73.1 Å².